The van der Waals surface area contributed by atoms with Crippen LogP contribution in [0.5, 0.6) is 0 Å². The summed E-state index contributed by atoms with van der Waals surface area (Å²) in [4.78, 5) is 28.7. The number of carbonyl (C=O) groups excluding carboxylic acids is 2. The molecule has 2 atom stereocenters. The fraction of sp³-hybridized carbons (Fsp3) is 0.500. The van der Waals surface area contributed by atoms with Gasteiger partial charge in [0.15, 0.2) is 0 Å². The third-order valence-corrected chi connectivity index (χ3v) is 4.89. The normalized spacial score (nSPS) is 26.0. The monoisotopic (exact) mass is 306 g/mol. The van der Waals surface area contributed by atoms with Gasteiger partial charge in [0.1, 0.15) is 12.1 Å². The van der Waals surface area contributed by atoms with Crippen molar-refractivity contribution in [3.8, 4) is 0 Å². The molecule has 3 rings (SSSR count). The molecule has 0 spiro atoms. The number of aryl methyl sites for hydroxylation is 1. The third kappa shape index (κ3) is 2.31. The van der Waals surface area contributed by atoms with Gasteiger partial charge in [-0.1, -0.05) is 17.7 Å². The van der Waals surface area contributed by atoms with E-state index in [1.54, 1.807) is 22.8 Å². The van der Waals surface area contributed by atoms with Crippen molar-refractivity contribution in [1.82, 2.24) is 4.90 Å². The Hall–Kier alpha value is -1.55. The fourth-order valence-corrected chi connectivity index (χ4v) is 3.41. The van der Waals surface area contributed by atoms with Crippen molar-refractivity contribution in [2.24, 2.45) is 0 Å². The van der Waals surface area contributed by atoms with Gasteiger partial charge in [0.2, 0.25) is 5.91 Å². The van der Waals surface area contributed by atoms with Gasteiger partial charge >= 0.3 is 0 Å². The van der Waals surface area contributed by atoms with Crippen LogP contribution in [0.1, 0.15) is 31.7 Å². The molecular weight excluding hydrogens is 288 g/mol. The van der Waals surface area contributed by atoms with Crippen molar-refractivity contribution in [3.05, 3.63) is 28.8 Å². The molecule has 0 aliphatic carbocycles. The highest BCUT2D eigenvalue weighted by atomic mass is 35.5. The van der Waals surface area contributed by atoms with Crippen molar-refractivity contribution >= 4 is 29.1 Å². The lowest BCUT2D eigenvalue weighted by molar-refractivity contribution is -0.147. The van der Waals surface area contributed by atoms with E-state index >= 15 is 0 Å². The van der Waals surface area contributed by atoms with Gasteiger partial charge in [-0.15, -0.1) is 0 Å². The van der Waals surface area contributed by atoms with Gasteiger partial charge in [0, 0.05) is 17.3 Å². The minimum atomic E-state index is -0.467. The first kappa shape index (κ1) is 14.4. The number of amides is 2. The van der Waals surface area contributed by atoms with E-state index in [0.29, 0.717) is 17.3 Å². The number of nitrogens with zero attached hydrogens (tertiary/aromatic N) is 2. The van der Waals surface area contributed by atoms with Crippen LogP contribution in [0.4, 0.5) is 5.69 Å². The zero-order chi connectivity index (χ0) is 15.1. The molecule has 2 aliphatic rings. The molecule has 2 aliphatic heterocycles. The van der Waals surface area contributed by atoms with Crippen molar-refractivity contribution in [1.29, 1.82) is 0 Å². The van der Waals surface area contributed by atoms with Crippen LogP contribution >= 0.6 is 11.6 Å². The standard InChI is InChI=1S/C16H19ClN2O2/c1-10-6-7-12(9-13(10)17)19-11(2)15(20)18-8-4-3-5-14(18)16(19)21/h6-7,9,11,14H,3-5,8H2,1-2H3. The zero-order valence-electron chi connectivity index (χ0n) is 12.3. The highest BCUT2D eigenvalue weighted by molar-refractivity contribution is 6.31. The maximum atomic E-state index is 12.8. The Balaban J connectivity index is 1.99. The Morgan fingerprint density at radius 2 is 1.95 bits per heavy atom. The molecule has 0 N–H and O–H groups in total. The van der Waals surface area contributed by atoms with Crippen LogP contribution < -0.4 is 4.90 Å². The molecule has 2 saturated heterocycles. The van der Waals surface area contributed by atoms with E-state index in [9.17, 15) is 9.59 Å². The number of piperazine rings is 1. The number of hydrogen-bond donors (Lipinski definition) is 0. The first-order chi connectivity index (χ1) is 10.0. The minimum Gasteiger partial charge on any atom is -0.329 e. The maximum absolute atomic E-state index is 12.8. The second kappa shape index (κ2) is 5.34. The predicted octanol–water partition coefficient (Wildman–Crippen LogP) is 2.76. The van der Waals surface area contributed by atoms with Crippen molar-refractivity contribution < 1.29 is 9.59 Å². The van der Waals surface area contributed by atoms with Crippen molar-refractivity contribution in [3.63, 3.8) is 0 Å². The first-order valence-corrected chi connectivity index (χ1v) is 7.78. The van der Waals surface area contributed by atoms with Crippen LogP contribution in [0.25, 0.3) is 0 Å². The van der Waals surface area contributed by atoms with Gasteiger partial charge in [0.25, 0.3) is 5.91 Å². The zero-order valence-corrected chi connectivity index (χ0v) is 13.1. The van der Waals surface area contributed by atoms with Gasteiger partial charge in [-0.3, -0.25) is 14.5 Å². The molecule has 2 amide bonds. The summed E-state index contributed by atoms with van der Waals surface area (Å²) >= 11 is 6.17. The molecule has 112 valence electrons. The quantitative estimate of drug-likeness (QED) is 0.800. The lowest BCUT2D eigenvalue weighted by atomic mass is 9.95. The molecule has 5 heteroatoms. The molecule has 2 heterocycles. The highest BCUT2D eigenvalue weighted by Crippen LogP contribution is 2.32. The number of hydrogen-bond acceptors (Lipinski definition) is 2. The van der Waals surface area contributed by atoms with E-state index in [1.807, 2.05) is 19.1 Å². The summed E-state index contributed by atoms with van der Waals surface area (Å²) in [6.07, 6.45) is 2.74. The topological polar surface area (TPSA) is 40.6 Å². The summed E-state index contributed by atoms with van der Waals surface area (Å²) in [7, 11) is 0. The first-order valence-electron chi connectivity index (χ1n) is 7.40. The molecule has 2 unspecified atom stereocenters. The van der Waals surface area contributed by atoms with E-state index in [2.05, 4.69) is 0 Å². The maximum Gasteiger partial charge on any atom is 0.250 e. The van der Waals surface area contributed by atoms with Crippen LogP contribution in [-0.2, 0) is 9.59 Å². The minimum absolute atomic E-state index is 0.0155. The second-order valence-corrected chi connectivity index (χ2v) is 6.27. The molecular formula is C16H19ClN2O2. The summed E-state index contributed by atoms with van der Waals surface area (Å²) < 4.78 is 0. The largest absolute Gasteiger partial charge is 0.329 e. The van der Waals surface area contributed by atoms with Crippen LogP contribution in [0.3, 0.4) is 0 Å². The number of carbonyl (C=O) groups is 2. The lowest BCUT2D eigenvalue weighted by Crippen LogP contribution is -2.65. The van der Waals surface area contributed by atoms with E-state index in [1.165, 1.54) is 0 Å². The third-order valence-electron chi connectivity index (χ3n) is 4.49. The van der Waals surface area contributed by atoms with Crippen LogP contribution in [0, 0.1) is 6.92 Å². The molecule has 4 nitrogen and oxygen atoms in total. The van der Waals surface area contributed by atoms with Gasteiger partial charge in [-0.05, 0) is 50.8 Å². The average Bonchev–Trinajstić information content (AvgIpc) is 2.49. The Morgan fingerprint density at radius 3 is 2.67 bits per heavy atom. The van der Waals surface area contributed by atoms with Crippen molar-refractivity contribution in [2.45, 2.75) is 45.2 Å². The Bertz CT molecular complexity index is 602. The average molecular weight is 307 g/mol. The fourth-order valence-electron chi connectivity index (χ4n) is 3.24. The summed E-state index contributed by atoms with van der Waals surface area (Å²) in [5.74, 6) is 0.0534. The molecule has 1 aromatic carbocycles. The molecule has 0 bridgehead atoms. The molecule has 0 radical (unpaired) electrons. The predicted molar refractivity (Wildman–Crippen MR) is 82.5 cm³/mol. The molecule has 0 saturated carbocycles. The van der Waals surface area contributed by atoms with E-state index < -0.39 is 6.04 Å². The SMILES string of the molecule is Cc1ccc(N2C(=O)C3CCCCN3C(=O)C2C)cc1Cl. The number of halogens is 1. The summed E-state index contributed by atoms with van der Waals surface area (Å²) in [6, 6.07) is 4.75. The van der Waals surface area contributed by atoms with E-state index in [0.717, 1.165) is 24.8 Å². The van der Waals surface area contributed by atoms with Gasteiger partial charge in [0.05, 0.1) is 0 Å². The number of fused-ring (bicyclic) bond motifs is 1. The Labute approximate surface area is 129 Å². The molecule has 0 aromatic heterocycles. The van der Waals surface area contributed by atoms with E-state index in [-0.39, 0.29) is 17.9 Å². The summed E-state index contributed by atoms with van der Waals surface area (Å²) in [5, 5.41) is 0.617. The summed E-state index contributed by atoms with van der Waals surface area (Å²) in [5.41, 5.74) is 1.67. The van der Waals surface area contributed by atoms with Gasteiger partial charge < -0.3 is 4.90 Å². The van der Waals surface area contributed by atoms with Gasteiger partial charge in [-0.2, -0.15) is 0 Å². The lowest BCUT2D eigenvalue weighted by Gasteiger charge is -2.46. The molecule has 21 heavy (non-hydrogen) atoms. The second-order valence-electron chi connectivity index (χ2n) is 5.86. The van der Waals surface area contributed by atoms with Crippen LogP contribution in [-0.4, -0.2) is 35.3 Å². The molecule has 1 aromatic rings. The summed E-state index contributed by atoms with van der Waals surface area (Å²) in [6.45, 7) is 4.41. The number of benzene rings is 1. The number of rotatable bonds is 1. The van der Waals surface area contributed by atoms with Crippen molar-refractivity contribution in [2.75, 3.05) is 11.4 Å². The highest BCUT2D eigenvalue weighted by Gasteiger charge is 2.45. The molecule has 2 fully saturated rings. The van der Waals surface area contributed by atoms with E-state index in [4.69, 9.17) is 11.6 Å². The number of anilines is 1. The van der Waals surface area contributed by atoms with Crippen LogP contribution in [0.15, 0.2) is 18.2 Å². The van der Waals surface area contributed by atoms with Crippen LogP contribution in [0.2, 0.25) is 5.02 Å². The number of piperidine rings is 1. The van der Waals surface area contributed by atoms with Gasteiger partial charge in [-0.25, -0.2) is 0 Å². The Morgan fingerprint density at radius 1 is 1.19 bits per heavy atom. The Kier molecular flexibility index (Phi) is 3.66. The smallest absolute Gasteiger partial charge is 0.250 e.